The Labute approximate surface area is 134 Å². The Hall–Kier alpha value is -2.37. The Bertz CT molecular complexity index is 709. The highest BCUT2D eigenvalue weighted by molar-refractivity contribution is 5.86. The predicted molar refractivity (Wildman–Crippen MR) is 83.7 cm³/mol. The number of carbonyl (C=O) groups is 2. The number of benzene rings is 1. The maximum absolute atomic E-state index is 12.5. The molecule has 0 bridgehead atoms. The molecule has 23 heavy (non-hydrogen) atoms. The molecule has 122 valence electrons. The summed E-state index contributed by atoms with van der Waals surface area (Å²) in [5.41, 5.74) is 1.32. The van der Waals surface area contributed by atoms with Crippen LogP contribution in [0.2, 0.25) is 0 Å². The summed E-state index contributed by atoms with van der Waals surface area (Å²) in [4.78, 5) is 26.1. The highest BCUT2D eigenvalue weighted by atomic mass is 16.5. The number of nitrogens with zero attached hydrogens (tertiary/aromatic N) is 2. The first-order valence-corrected chi connectivity index (χ1v) is 7.96. The van der Waals surface area contributed by atoms with Crippen molar-refractivity contribution in [1.29, 1.82) is 0 Å². The second kappa shape index (κ2) is 6.81. The smallest absolute Gasteiger partial charge is 0.310 e. The zero-order valence-electron chi connectivity index (χ0n) is 13.2. The van der Waals surface area contributed by atoms with Crippen molar-refractivity contribution in [3.8, 4) is 0 Å². The number of piperidine rings is 1. The van der Waals surface area contributed by atoms with Crippen LogP contribution in [0.4, 0.5) is 0 Å². The van der Waals surface area contributed by atoms with Crippen molar-refractivity contribution >= 4 is 22.8 Å². The van der Waals surface area contributed by atoms with E-state index >= 15 is 0 Å². The lowest BCUT2D eigenvalue weighted by Crippen LogP contribution is -2.43. The molecule has 6 nitrogen and oxygen atoms in total. The van der Waals surface area contributed by atoms with E-state index in [1.165, 1.54) is 0 Å². The van der Waals surface area contributed by atoms with Crippen molar-refractivity contribution in [2.45, 2.75) is 26.2 Å². The van der Waals surface area contributed by atoms with E-state index in [0.717, 1.165) is 18.2 Å². The van der Waals surface area contributed by atoms with Gasteiger partial charge in [-0.3, -0.25) is 9.59 Å². The third-order valence-corrected chi connectivity index (χ3v) is 4.16. The van der Waals surface area contributed by atoms with Crippen molar-refractivity contribution in [3.63, 3.8) is 0 Å². The van der Waals surface area contributed by atoms with Crippen molar-refractivity contribution in [2.75, 3.05) is 19.7 Å². The fraction of sp³-hybridized carbons (Fsp3) is 0.471. The first-order valence-electron chi connectivity index (χ1n) is 7.96. The van der Waals surface area contributed by atoms with Gasteiger partial charge in [0.15, 0.2) is 5.58 Å². The molecule has 1 aliphatic rings. The van der Waals surface area contributed by atoms with Gasteiger partial charge in [-0.2, -0.15) is 0 Å². The maximum atomic E-state index is 12.5. The summed E-state index contributed by atoms with van der Waals surface area (Å²) in [5.74, 6) is -0.461. The maximum Gasteiger partial charge on any atom is 0.310 e. The van der Waals surface area contributed by atoms with E-state index in [9.17, 15) is 9.59 Å². The quantitative estimate of drug-likeness (QED) is 0.808. The summed E-state index contributed by atoms with van der Waals surface area (Å²) in [6.45, 7) is 3.26. The van der Waals surface area contributed by atoms with Crippen LogP contribution in [0.3, 0.4) is 0 Å². The summed E-state index contributed by atoms with van der Waals surface area (Å²) in [6.07, 6.45) is 1.77. The Morgan fingerprint density at radius 1 is 1.39 bits per heavy atom. The number of fused-ring (bicyclic) bond motifs is 1. The van der Waals surface area contributed by atoms with Gasteiger partial charge in [0.2, 0.25) is 5.91 Å². The Balaban J connectivity index is 1.67. The second-order valence-corrected chi connectivity index (χ2v) is 5.73. The van der Waals surface area contributed by atoms with Gasteiger partial charge in [-0.25, -0.2) is 0 Å². The fourth-order valence-corrected chi connectivity index (χ4v) is 2.98. The number of esters is 1. The molecule has 0 unspecified atom stereocenters. The van der Waals surface area contributed by atoms with Gasteiger partial charge in [0.05, 0.1) is 18.9 Å². The molecule has 1 fully saturated rings. The van der Waals surface area contributed by atoms with E-state index in [1.54, 1.807) is 11.8 Å². The molecule has 1 aliphatic heterocycles. The lowest BCUT2D eigenvalue weighted by Gasteiger charge is -2.31. The largest absolute Gasteiger partial charge is 0.466 e. The van der Waals surface area contributed by atoms with Crippen LogP contribution in [-0.4, -0.2) is 41.6 Å². The summed E-state index contributed by atoms with van der Waals surface area (Å²) >= 11 is 0. The number of likely N-dealkylation sites (tertiary alicyclic amines) is 1. The lowest BCUT2D eigenvalue weighted by atomic mass is 9.97. The van der Waals surface area contributed by atoms with E-state index in [1.807, 2.05) is 24.3 Å². The van der Waals surface area contributed by atoms with Crippen LogP contribution in [-0.2, 0) is 20.7 Å². The van der Waals surface area contributed by atoms with Gasteiger partial charge in [0.1, 0.15) is 5.69 Å². The SMILES string of the molecule is CCOC(=O)[C@H]1CCCN(C(=O)Cc2noc3ccccc23)C1. The number of amides is 1. The van der Waals surface area contributed by atoms with Crippen molar-refractivity contribution in [2.24, 2.45) is 5.92 Å². The highest BCUT2D eigenvalue weighted by Crippen LogP contribution is 2.21. The van der Waals surface area contributed by atoms with Crippen LogP contribution in [0.15, 0.2) is 28.8 Å². The lowest BCUT2D eigenvalue weighted by molar-refractivity contribution is -0.151. The third kappa shape index (κ3) is 3.36. The van der Waals surface area contributed by atoms with Crippen LogP contribution < -0.4 is 0 Å². The average molecular weight is 316 g/mol. The van der Waals surface area contributed by atoms with E-state index in [-0.39, 0.29) is 24.2 Å². The average Bonchev–Trinajstić information content (AvgIpc) is 2.98. The summed E-state index contributed by atoms with van der Waals surface area (Å²) in [5, 5.41) is 4.86. The molecule has 0 spiro atoms. The minimum Gasteiger partial charge on any atom is -0.466 e. The normalized spacial score (nSPS) is 18.1. The highest BCUT2D eigenvalue weighted by Gasteiger charge is 2.29. The molecule has 2 aromatic rings. The molecule has 0 N–H and O–H groups in total. The molecule has 1 atom stereocenters. The van der Waals surface area contributed by atoms with Gasteiger partial charge in [-0.1, -0.05) is 17.3 Å². The molecule has 0 aliphatic carbocycles. The number of carbonyl (C=O) groups excluding carboxylic acids is 2. The standard InChI is InChI=1S/C17H20N2O4/c1-2-22-17(21)12-6-5-9-19(11-12)16(20)10-14-13-7-3-4-8-15(13)23-18-14/h3-4,7-8,12H,2,5-6,9-11H2,1H3/t12-/m0/s1. The molecule has 0 saturated carbocycles. The number of aromatic nitrogens is 1. The third-order valence-electron chi connectivity index (χ3n) is 4.16. The van der Waals surface area contributed by atoms with E-state index in [4.69, 9.17) is 9.26 Å². The molecule has 2 heterocycles. The molecule has 1 amide bonds. The Kier molecular flexibility index (Phi) is 4.60. The van der Waals surface area contributed by atoms with Gasteiger partial charge in [0, 0.05) is 18.5 Å². The minimum absolute atomic E-state index is 0.0296. The molecular formula is C17H20N2O4. The fourth-order valence-electron chi connectivity index (χ4n) is 2.98. The Morgan fingerprint density at radius 3 is 3.04 bits per heavy atom. The van der Waals surface area contributed by atoms with Crippen LogP contribution in [0, 0.1) is 5.92 Å². The number of para-hydroxylation sites is 1. The van der Waals surface area contributed by atoms with Crippen molar-refractivity contribution in [1.82, 2.24) is 10.1 Å². The van der Waals surface area contributed by atoms with Crippen LogP contribution >= 0.6 is 0 Å². The van der Waals surface area contributed by atoms with Gasteiger partial charge in [0.25, 0.3) is 0 Å². The number of rotatable bonds is 4. The van der Waals surface area contributed by atoms with Crippen LogP contribution in [0.25, 0.3) is 11.0 Å². The van der Waals surface area contributed by atoms with Gasteiger partial charge in [-0.15, -0.1) is 0 Å². The van der Waals surface area contributed by atoms with Crippen LogP contribution in [0.5, 0.6) is 0 Å². The molecule has 1 aromatic carbocycles. The predicted octanol–water partition coefficient (Wildman–Crippen LogP) is 2.17. The summed E-state index contributed by atoms with van der Waals surface area (Å²) in [6, 6.07) is 7.49. The van der Waals surface area contributed by atoms with Crippen molar-refractivity contribution < 1.29 is 18.8 Å². The zero-order chi connectivity index (χ0) is 16.2. The number of hydrogen-bond acceptors (Lipinski definition) is 5. The molecular weight excluding hydrogens is 296 g/mol. The minimum atomic E-state index is -0.221. The summed E-state index contributed by atoms with van der Waals surface area (Å²) < 4.78 is 10.3. The second-order valence-electron chi connectivity index (χ2n) is 5.73. The molecule has 1 saturated heterocycles. The van der Waals surface area contributed by atoms with Crippen LogP contribution in [0.1, 0.15) is 25.5 Å². The van der Waals surface area contributed by atoms with E-state index in [0.29, 0.717) is 31.0 Å². The molecule has 0 radical (unpaired) electrons. The first kappa shape index (κ1) is 15.5. The van der Waals surface area contributed by atoms with Crippen molar-refractivity contribution in [3.05, 3.63) is 30.0 Å². The Morgan fingerprint density at radius 2 is 2.22 bits per heavy atom. The molecule has 6 heteroatoms. The van der Waals surface area contributed by atoms with E-state index in [2.05, 4.69) is 5.16 Å². The topological polar surface area (TPSA) is 72.6 Å². The van der Waals surface area contributed by atoms with Gasteiger partial charge >= 0.3 is 5.97 Å². The molecule has 1 aromatic heterocycles. The van der Waals surface area contributed by atoms with E-state index < -0.39 is 0 Å². The first-order chi connectivity index (χ1) is 11.2. The van der Waals surface area contributed by atoms with Gasteiger partial charge < -0.3 is 14.2 Å². The molecule has 3 rings (SSSR count). The van der Waals surface area contributed by atoms with Gasteiger partial charge in [-0.05, 0) is 31.9 Å². The monoisotopic (exact) mass is 316 g/mol. The summed E-state index contributed by atoms with van der Waals surface area (Å²) in [7, 11) is 0. The zero-order valence-corrected chi connectivity index (χ0v) is 13.2. The number of ether oxygens (including phenoxy) is 1. The number of hydrogen-bond donors (Lipinski definition) is 0.